The molecule has 1 fully saturated rings. The van der Waals surface area contributed by atoms with Gasteiger partial charge in [0.25, 0.3) is 10.0 Å². The zero-order valence-corrected chi connectivity index (χ0v) is 12.0. The molecule has 5 nitrogen and oxygen atoms in total. The van der Waals surface area contributed by atoms with Gasteiger partial charge in [-0.05, 0) is 24.5 Å². The van der Waals surface area contributed by atoms with E-state index in [1.807, 2.05) is 4.72 Å². The molecule has 21 heavy (non-hydrogen) atoms. The second-order valence-corrected chi connectivity index (χ2v) is 6.64. The van der Waals surface area contributed by atoms with Crippen molar-refractivity contribution < 1.29 is 21.6 Å². The van der Waals surface area contributed by atoms with E-state index < -0.39 is 29.2 Å². The minimum absolute atomic E-state index is 0.278. The van der Waals surface area contributed by atoms with E-state index in [-0.39, 0.29) is 5.03 Å². The number of hydrogen-bond donors (Lipinski definition) is 2. The van der Waals surface area contributed by atoms with Crippen molar-refractivity contribution in [2.75, 3.05) is 6.54 Å². The first kappa shape index (κ1) is 16.2. The van der Waals surface area contributed by atoms with Crippen LogP contribution in [0.5, 0.6) is 0 Å². The van der Waals surface area contributed by atoms with Crippen molar-refractivity contribution >= 4 is 10.0 Å². The largest absolute Gasteiger partial charge is 0.390 e. The summed E-state index contributed by atoms with van der Waals surface area (Å²) < 4.78 is 61.3. The molecule has 1 heterocycles. The van der Waals surface area contributed by atoms with Crippen LogP contribution in [0.4, 0.5) is 13.2 Å². The maximum atomic E-state index is 12.0. The molecule has 0 bridgehead atoms. The maximum absolute atomic E-state index is 12.0. The van der Waals surface area contributed by atoms with Gasteiger partial charge in [0.1, 0.15) is 0 Å². The van der Waals surface area contributed by atoms with Gasteiger partial charge in [0, 0.05) is 25.3 Å². The zero-order valence-electron chi connectivity index (χ0n) is 11.2. The van der Waals surface area contributed by atoms with Crippen LogP contribution in [0.2, 0.25) is 0 Å². The highest BCUT2D eigenvalue weighted by molar-refractivity contribution is 7.89. The molecule has 0 spiro atoms. The number of hydrogen-bond acceptors (Lipinski definition) is 4. The Morgan fingerprint density at radius 2 is 2.00 bits per heavy atom. The molecule has 1 aromatic heterocycles. The average molecular weight is 323 g/mol. The minimum Gasteiger partial charge on any atom is -0.310 e. The summed E-state index contributed by atoms with van der Waals surface area (Å²) in [5.41, 5.74) is 0.830. The average Bonchev–Trinajstić information content (AvgIpc) is 3.19. The number of rotatable bonds is 7. The summed E-state index contributed by atoms with van der Waals surface area (Å²) in [6.07, 6.45) is -1.91. The summed E-state index contributed by atoms with van der Waals surface area (Å²) in [4.78, 5) is 3.79. The summed E-state index contributed by atoms with van der Waals surface area (Å²) >= 11 is 0. The predicted octanol–water partition coefficient (Wildman–Crippen LogP) is 1.56. The Labute approximate surface area is 121 Å². The molecule has 0 radical (unpaired) electrons. The molecule has 1 aliphatic carbocycles. The number of alkyl halides is 3. The fourth-order valence-corrected chi connectivity index (χ4v) is 2.58. The van der Waals surface area contributed by atoms with Crippen molar-refractivity contribution in [3.63, 3.8) is 0 Å². The van der Waals surface area contributed by atoms with Gasteiger partial charge >= 0.3 is 6.18 Å². The first-order valence-corrected chi connectivity index (χ1v) is 7.99. The number of aromatic nitrogens is 1. The van der Waals surface area contributed by atoms with Crippen LogP contribution >= 0.6 is 0 Å². The Morgan fingerprint density at radius 1 is 1.29 bits per heavy atom. The first-order valence-electron chi connectivity index (χ1n) is 6.51. The van der Waals surface area contributed by atoms with E-state index in [2.05, 4.69) is 10.3 Å². The Balaban J connectivity index is 1.89. The smallest absolute Gasteiger partial charge is 0.310 e. The van der Waals surface area contributed by atoms with E-state index in [9.17, 15) is 21.6 Å². The number of halogens is 3. The molecule has 2 N–H and O–H groups in total. The molecule has 118 valence electrons. The third-order valence-electron chi connectivity index (χ3n) is 2.95. The summed E-state index contributed by atoms with van der Waals surface area (Å²) in [7, 11) is -4.00. The third kappa shape index (κ3) is 5.60. The lowest BCUT2D eigenvalue weighted by molar-refractivity contribution is -0.132. The van der Waals surface area contributed by atoms with Gasteiger partial charge in [0.2, 0.25) is 0 Å². The SMILES string of the molecule is O=S(=O)(NCCC(F)(F)F)c1ccc(CNC2CC2)cn1. The lowest BCUT2D eigenvalue weighted by atomic mass is 10.3. The highest BCUT2D eigenvalue weighted by Crippen LogP contribution is 2.20. The molecular formula is C12H16F3N3O2S. The summed E-state index contributed by atoms with van der Waals surface area (Å²) in [6, 6.07) is 3.41. The number of nitrogens with one attached hydrogen (secondary N) is 2. The molecular weight excluding hydrogens is 307 g/mol. The monoisotopic (exact) mass is 323 g/mol. The lowest BCUT2D eigenvalue weighted by Crippen LogP contribution is -2.28. The zero-order chi connectivity index (χ0) is 15.5. The minimum atomic E-state index is -4.39. The molecule has 0 saturated heterocycles. The van der Waals surface area contributed by atoms with Gasteiger partial charge in [-0.1, -0.05) is 6.07 Å². The number of pyridine rings is 1. The Morgan fingerprint density at radius 3 is 2.52 bits per heavy atom. The molecule has 9 heteroatoms. The van der Waals surface area contributed by atoms with Crippen LogP contribution in [-0.2, 0) is 16.6 Å². The van der Waals surface area contributed by atoms with Crippen LogP contribution < -0.4 is 10.0 Å². The highest BCUT2D eigenvalue weighted by Gasteiger charge is 2.27. The van der Waals surface area contributed by atoms with E-state index in [1.165, 1.54) is 12.3 Å². The third-order valence-corrected chi connectivity index (χ3v) is 4.32. The lowest BCUT2D eigenvalue weighted by Gasteiger charge is -2.09. The van der Waals surface area contributed by atoms with Crippen molar-refractivity contribution in [2.45, 2.75) is 43.1 Å². The summed E-state index contributed by atoms with van der Waals surface area (Å²) in [5.74, 6) is 0. The molecule has 0 aliphatic heterocycles. The van der Waals surface area contributed by atoms with Gasteiger partial charge in [0.05, 0.1) is 6.42 Å². The van der Waals surface area contributed by atoms with E-state index in [0.717, 1.165) is 18.4 Å². The fraction of sp³-hybridized carbons (Fsp3) is 0.583. The van der Waals surface area contributed by atoms with Gasteiger partial charge in [0.15, 0.2) is 5.03 Å². The van der Waals surface area contributed by atoms with Gasteiger partial charge in [-0.15, -0.1) is 0 Å². The standard InChI is InChI=1S/C12H16F3N3O2S/c13-12(14,15)5-6-18-21(19,20)11-4-1-9(8-17-11)7-16-10-2-3-10/h1,4,8,10,16,18H,2-3,5-7H2. The normalized spacial score (nSPS) is 16.1. The van der Waals surface area contributed by atoms with Gasteiger partial charge < -0.3 is 5.32 Å². The van der Waals surface area contributed by atoms with Crippen LogP contribution in [0.1, 0.15) is 24.8 Å². The van der Waals surface area contributed by atoms with E-state index >= 15 is 0 Å². The topological polar surface area (TPSA) is 71.1 Å². The molecule has 2 rings (SSSR count). The van der Waals surface area contributed by atoms with Crippen molar-refractivity contribution in [2.24, 2.45) is 0 Å². The summed E-state index contributed by atoms with van der Waals surface area (Å²) in [5, 5.41) is 2.97. The Kier molecular flexibility index (Phi) is 4.84. The van der Waals surface area contributed by atoms with E-state index in [4.69, 9.17) is 0 Å². The number of sulfonamides is 1. The van der Waals surface area contributed by atoms with Crippen molar-refractivity contribution in [3.05, 3.63) is 23.9 Å². The van der Waals surface area contributed by atoms with Crippen LogP contribution in [0.3, 0.4) is 0 Å². The second kappa shape index (κ2) is 6.29. The second-order valence-electron chi connectivity index (χ2n) is 4.92. The van der Waals surface area contributed by atoms with Crippen LogP contribution in [0, 0.1) is 0 Å². The Bertz CT molecular complexity index is 568. The van der Waals surface area contributed by atoms with Crippen molar-refractivity contribution in [1.29, 1.82) is 0 Å². The van der Waals surface area contributed by atoms with Crippen molar-refractivity contribution in [1.82, 2.24) is 15.0 Å². The van der Waals surface area contributed by atoms with Gasteiger partial charge in [-0.25, -0.2) is 18.1 Å². The number of nitrogens with zero attached hydrogens (tertiary/aromatic N) is 1. The quantitative estimate of drug-likeness (QED) is 0.799. The van der Waals surface area contributed by atoms with E-state index in [0.29, 0.717) is 12.6 Å². The summed E-state index contributed by atoms with van der Waals surface area (Å²) in [6.45, 7) is -0.0992. The Hall–Kier alpha value is -1.19. The van der Waals surface area contributed by atoms with Gasteiger partial charge in [-0.2, -0.15) is 13.2 Å². The molecule has 0 aromatic carbocycles. The fourth-order valence-electron chi connectivity index (χ4n) is 1.63. The predicted molar refractivity (Wildman–Crippen MR) is 70.0 cm³/mol. The maximum Gasteiger partial charge on any atom is 0.390 e. The highest BCUT2D eigenvalue weighted by atomic mass is 32.2. The molecule has 0 atom stereocenters. The first-order chi connectivity index (χ1) is 9.76. The van der Waals surface area contributed by atoms with Crippen molar-refractivity contribution in [3.8, 4) is 0 Å². The molecule has 1 saturated carbocycles. The molecule has 1 aromatic rings. The van der Waals surface area contributed by atoms with E-state index in [1.54, 1.807) is 6.07 Å². The molecule has 1 aliphatic rings. The van der Waals surface area contributed by atoms with Crippen LogP contribution in [-0.4, -0.2) is 32.2 Å². The van der Waals surface area contributed by atoms with Crippen LogP contribution in [0.25, 0.3) is 0 Å². The molecule has 0 unspecified atom stereocenters. The molecule has 0 amide bonds. The van der Waals surface area contributed by atoms with Crippen LogP contribution in [0.15, 0.2) is 23.4 Å². The van der Waals surface area contributed by atoms with Gasteiger partial charge in [-0.3, -0.25) is 0 Å².